The van der Waals surface area contributed by atoms with Gasteiger partial charge in [0.25, 0.3) is 0 Å². The fourth-order valence-corrected chi connectivity index (χ4v) is 1.22. The Morgan fingerprint density at radius 1 is 1.21 bits per heavy atom. The molecule has 0 unspecified atom stereocenters. The summed E-state index contributed by atoms with van der Waals surface area (Å²) in [5.74, 6) is 4.69. The number of alkyl halides is 4. The van der Waals surface area contributed by atoms with Gasteiger partial charge in [0, 0.05) is 6.07 Å². The first-order valence-corrected chi connectivity index (χ1v) is 5.63. The van der Waals surface area contributed by atoms with E-state index in [0.29, 0.717) is 5.56 Å². The van der Waals surface area contributed by atoms with Gasteiger partial charge in [-0.15, -0.1) is 24.8 Å². The molecule has 0 amide bonds. The molecule has 0 heterocycles. The zero-order valence-corrected chi connectivity index (χ0v) is 10.3. The molecule has 0 aromatic heterocycles. The van der Waals surface area contributed by atoms with Crippen LogP contribution < -0.4 is 4.74 Å². The molecule has 104 valence electrons. The lowest BCUT2D eigenvalue weighted by atomic mass is 10.2. The summed E-state index contributed by atoms with van der Waals surface area (Å²) in [6.45, 7) is -1.07. The third kappa shape index (κ3) is 6.32. The van der Waals surface area contributed by atoms with Gasteiger partial charge in [-0.25, -0.2) is 4.39 Å². The molecule has 19 heavy (non-hydrogen) atoms. The summed E-state index contributed by atoms with van der Waals surface area (Å²) in [4.78, 5) is 0. The van der Waals surface area contributed by atoms with Crippen molar-refractivity contribution in [2.45, 2.75) is 6.36 Å². The Balaban J connectivity index is 2.63. The molecule has 0 saturated carbocycles. The minimum absolute atomic E-state index is 0.0448. The van der Waals surface area contributed by atoms with Gasteiger partial charge in [0.1, 0.15) is 18.2 Å². The van der Waals surface area contributed by atoms with Crippen LogP contribution in [-0.4, -0.2) is 25.5 Å². The molecule has 1 aromatic carbocycles. The van der Waals surface area contributed by atoms with Crippen molar-refractivity contribution < 1.29 is 27.0 Å². The van der Waals surface area contributed by atoms with Gasteiger partial charge in [-0.05, 0) is 12.1 Å². The average molecular weight is 297 g/mol. The second kappa shape index (κ2) is 7.22. The van der Waals surface area contributed by atoms with Crippen LogP contribution in [0.1, 0.15) is 5.56 Å². The van der Waals surface area contributed by atoms with Crippen LogP contribution in [0.15, 0.2) is 18.2 Å². The van der Waals surface area contributed by atoms with E-state index in [1.165, 1.54) is 6.07 Å². The third-order valence-corrected chi connectivity index (χ3v) is 1.97. The predicted molar refractivity (Wildman–Crippen MR) is 61.5 cm³/mol. The summed E-state index contributed by atoms with van der Waals surface area (Å²) in [5, 5.41) is 0. The van der Waals surface area contributed by atoms with Crippen molar-refractivity contribution in [3.63, 3.8) is 0 Å². The van der Waals surface area contributed by atoms with Crippen molar-refractivity contribution >= 4 is 11.6 Å². The zero-order valence-electron chi connectivity index (χ0n) is 9.56. The summed E-state index contributed by atoms with van der Waals surface area (Å²) in [5.41, 5.74) is 0.342. The standard InChI is InChI=1S/C12H9ClF4O2/c13-5-1-2-9-3-4-10(14)8-11(9)18-6-7-19-12(15,16)17/h3-4,8H,5-7H2. The maximum Gasteiger partial charge on any atom is 0.522 e. The number of benzene rings is 1. The summed E-state index contributed by atoms with van der Waals surface area (Å²) < 4.78 is 56.7. The predicted octanol–water partition coefficient (Wildman–Crippen LogP) is 3.33. The fourth-order valence-electron chi connectivity index (χ4n) is 1.16. The first-order valence-electron chi connectivity index (χ1n) is 5.10. The molecule has 0 atom stereocenters. The van der Waals surface area contributed by atoms with Crippen molar-refractivity contribution in [1.29, 1.82) is 0 Å². The average Bonchev–Trinajstić information content (AvgIpc) is 2.32. The maximum atomic E-state index is 13.0. The van der Waals surface area contributed by atoms with Crippen LogP contribution in [-0.2, 0) is 4.74 Å². The van der Waals surface area contributed by atoms with Crippen molar-refractivity contribution in [2.24, 2.45) is 0 Å². The highest BCUT2D eigenvalue weighted by Crippen LogP contribution is 2.20. The van der Waals surface area contributed by atoms with Crippen molar-refractivity contribution in [1.82, 2.24) is 0 Å². The fraction of sp³-hybridized carbons (Fsp3) is 0.333. The summed E-state index contributed by atoms with van der Waals surface area (Å²) in [6.07, 6.45) is -4.72. The Hall–Kier alpha value is -1.45. The topological polar surface area (TPSA) is 18.5 Å². The Morgan fingerprint density at radius 3 is 2.58 bits per heavy atom. The van der Waals surface area contributed by atoms with Crippen molar-refractivity contribution in [3.05, 3.63) is 29.6 Å². The van der Waals surface area contributed by atoms with E-state index in [9.17, 15) is 17.6 Å². The van der Waals surface area contributed by atoms with Gasteiger partial charge in [0.05, 0.1) is 18.1 Å². The molecule has 0 spiro atoms. The highest BCUT2D eigenvalue weighted by molar-refractivity contribution is 6.19. The van der Waals surface area contributed by atoms with Gasteiger partial charge in [0.2, 0.25) is 0 Å². The van der Waals surface area contributed by atoms with Gasteiger partial charge in [-0.2, -0.15) is 0 Å². The first-order chi connectivity index (χ1) is 8.92. The maximum absolute atomic E-state index is 13.0. The second-order valence-electron chi connectivity index (χ2n) is 3.22. The van der Waals surface area contributed by atoms with Crippen molar-refractivity contribution in [2.75, 3.05) is 19.1 Å². The van der Waals surface area contributed by atoms with E-state index < -0.39 is 18.8 Å². The first kappa shape index (κ1) is 15.6. The number of hydrogen-bond donors (Lipinski definition) is 0. The number of ether oxygens (including phenoxy) is 2. The molecule has 0 saturated heterocycles. The van der Waals surface area contributed by atoms with Gasteiger partial charge < -0.3 is 4.74 Å². The molecule has 2 nitrogen and oxygen atoms in total. The molecule has 0 aliphatic rings. The third-order valence-electron chi connectivity index (χ3n) is 1.84. The molecule has 0 fully saturated rings. The van der Waals surface area contributed by atoms with Crippen LogP contribution in [0.3, 0.4) is 0 Å². The van der Waals surface area contributed by atoms with E-state index in [1.807, 2.05) is 0 Å². The summed E-state index contributed by atoms with van der Waals surface area (Å²) in [6, 6.07) is 3.55. The quantitative estimate of drug-likeness (QED) is 0.367. The van der Waals surface area contributed by atoms with E-state index in [4.69, 9.17) is 16.3 Å². The minimum Gasteiger partial charge on any atom is -0.490 e. The van der Waals surface area contributed by atoms with Gasteiger partial charge in [0.15, 0.2) is 0 Å². The normalized spacial score (nSPS) is 10.8. The smallest absolute Gasteiger partial charge is 0.490 e. The number of rotatable bonds is 4. The number of hydrogen-bond acceptors (Lipinski definition) is 2. The van der Waals surface area contributed by atoms with Gasteiger partial charge >= 0.3 is 6.36 Å². The minimum atomic E-state index is -4.72. The van der Waals surface area contributed by atoms with Crippen LogP contribution in [0.2, 0.25) is 0 Å². The highest BCUT2D eigenvalue weighted by Gasteiger charge is 2.28. The van der Waals surface area contributed by atoms with E-state index in [2.05, 4.69) is 16.6 Å². The molecule has 0 bridgehead atoms. The van der Waals surface area contributed by atoms with Crippen LogP contribution in [0.25, 0.3) is 0 Å². The van der Waals surface area contributed by atoms with Gasteiger partial charge in [-0.1, -0.05) is 11.8 Å². The zero-order chi connectivity index (χ0) is 14.3. The Kier molecular flexibility index (Phi) is 5.93. The van der Waals surface area contributed by atoms with Crippen LogP contribution >= 0.6 is 11.6 Å². The summed E-state index contributed by atoms with van der Waals surface area (Å²) in [7, 11) is 0. The molecule has 0 radical (unpaired) electrons. The Bertz CT molecular complexity index is 477. The molecule has 1 rings (SSSR count). The lowest BCUT2D eigenvalue weighted by Gasteiger charge is -2.10. The van der Waals surface area contributed by atoms with E-state index >= 15 is 0 Å². The molecule has 1 aromatic rings. The van der Waals surface area contributed by atoms with E-state index in [-0.39, 0.29) is 18.2 Å². The van der Waals surface area contributed by atoms with Crippen molar-refractivity contribution in [3.8, 4) is 17.6 Å². The second-order valence-corrected chi connectivity index (χ2v) is 3.49. The molecule has 0 N–H and O–H groups in total. The molecule has 0 aliphatic heterocycles. The lowest BCUT2D eigenvalue weighted by Crippen LogP contribution is -2.18. The van der Waals surface area contributed by atoms with Crippen LogP contribution in [0.5, 0.6) is 5.75 Å². The Morgan fingerprint density at radius 2 is 1.95 bits per heavy atom. The Labute approximate surface area is 112 Å². The molecular formula is C12H9ClF4O2. The van der Waals surface area contributed by atoms with E-state index in [1.54, 1.807) is 0 Å². The van der Waals surface area contributed by atoms with Crippen LogP contribution in [0.4, 0.5) is 17.6 Å². The number of halogens is 5. The largest absolute Gasteiger partial charge is 0.522 e. The lowest BCUT2D eigenvalue weighted by molar-refractivity contribution is -0.325. The SMILES string of the molecule is Fc1ccc(C#CCCl)c(OCCOC(F)(F)F)c1. The molecule has 0 aliphatic carbocycles. The monoisotopic (exact) mass is 296 g/mol. The van der Waals surface area contributed by atoms with Crippen LogP contribution in [0, 0.1) is 17.7 Å². The molecular weight excluding hydrogens is 288 g/mol. The molecule has 7 heteroatoms. The highest BCUT2D eigenvalue weighted by atomic mass is 35.5. The summed E-state index contributed by atoms with van der Waals surface area (Å²) >= 11 is 5.38. The van der Waals surface area contributed by atoms with E-state index in [0.717, 1.165) is 12.1 Å². The van der Waals surface area contributed by atoms with Gasteiger partial charge in [-0.3, -0.25) is 4.74 Å².